The minimum absolute atomic E-state index is 0.101. The van der Waals surface area contributed by atoms with Gasteiger partial charge in [0.25, 0.3) is 0 Å². The van der Waals surface area contributed by atoms with Gasteiger partial charge in [-0.2, -0.15) is 10.5 Å². The van der Waals surface area contributed by atoms with Crippen LogP contribution < -0.4 is 0 Å². The Kier molecular flexibility index (Phi) is 13.0. The molecule has 0 radical (unpaired) electrons. The molecule has 0 atom stereocenters. The Balaban J connectivity index is 1.71. The van der Waals surface area contributed by atoms with E-state index in [4.69, 9.17) is 9.97 Å². The predicted octanol–water partition coefficient (Wildman–Crippen LogP) is 11.7. The van der Waals surface area contributed by atoms with Crippen molar-refractivity contribution in [3.8, 4) is 12.1 Å². The van der Waals surface area contributed by atoms with Crippen molar-refractivity contribution in [2.24, 2.45) is 0 Å². The Morgan fingerprint density at radius 1 is 0.477 bits per heavy atom. The Labute approximate surface area is 265 Å². The van der Waals surface area contributed by atoms with E-state index in [1.165, 1.54) is 130 Å². The molecule has 0 amide bonds. The smallest absolute Gasteiger partial charge is 0.177 e. The van der Waals surface area contributed by atoms with E-state index in [-0.39, 0.29) is 11.4 Å². The van der Waals surface area contributed by atoms with Gasteiger partial charge in [-0.25, -0.2) is 9.97 Å². The highest BCUT2D eigenvalue weighted by atomic mass is 14.8. The van der Waals surface area contributed by atoms with Crippen LogP contribution in [-0.4, -0.2) is 9.97 Å². The summed E-state index contributed by atoms with van der Waals surface area (Å²) < 4.78 is 0. The van der Waals surface area contributed by atoms with Gasteiger partial charge < -0.3 is 0 Å². The maximum absolute atomic E-state index is 9.81. The lowest BCUT2D eigenvalue weighted by Gasteiger charge is -2.17. The first-order valence-corrected chi connectivity index (χ1v) is 17.5. The number of nitriles is 2. The number of hydrogen-bond acceptors (Lipinski definition) is 4. The van der Waals surface area contributed by atoms with Crippen LogP contribution in [0.15, 0.2) is 24.3 Å². The standard InChI is InChI=1S/C40H52N4/c1-5-7-9-11-13-15-17-19-21-31-25-34-33-23-29(3)30(4)24-35(33)39-40(44-38(28-42)37(27-41)43-39)36(34)26-32(31)22-20-18-16-14-12-10-8-6-2/h23-26H,5-22H2,1-4H3. The fourth-order valence-electron chi connectivity index (χ4n) is 6.67. The predicted molar refractivity (Wildman–Crippen MR) is 186 cm³/mol. The van der Waals surface area contributed by atoms with Gasteiger partial charge in [0.15, 0.2) is 11.4 Å². The zero-order valence-corrected chi connectivity index (χ0v) is 27.8. The number of aryl methyl sites for hydroxylation is 4. The molecule has 4 heteroatoms. The Morgan fingerprint density at radius 3 is 1.25 bits per heavy atom. The highest BCUT2D eigenvalue weighted by Crippen LogP contribution is 2.37. The average Bonchev–Trinajstić information content (AvgIpc) is 3.03. The van der Waals surface area contributed by atoms with E-state index < -0.39 is 0 Å². The first-order chi connectivity index (χ1) is 21.5. The summed E-state index contributed by atoms with van der Waals surface area (Å²) in [5.41, 5.74) is 6.98. The lowest BCUT2D eigenvalue weighted by Crippen LogP contribution is -2.01. The van der Waals surface area contributed by atoms with Crippen molar-refractivity contribution >= 4 is 32.6 Å². The second-order valence-corrected chi connectivity index (χ2v) is 12.9. The van der Waals surface area contributed by atoms with Crippen LogP contribution in [0.2, 0.25) is 0 Å². The molecule has 4 nitrogen and oxygen atoms in total. The summed E-state index contributed by atoms with van der Waals surface area (Å²) in [5.74, 6) is 0. The first kappa shape index (κ1) is 33.4. The van der Waals surface area contributed by atoms with Crippen LogP contribution in [0.1, 0.15) is 150 Å². The molecule has 1 aromatic heterocycles. The van der Waals surface area contributed by atoms with Gasteiger partial charge in [-0.3, -0.25) is 0 Å². The third-order valence-corrected chi connectivity index (χ3v) is 9.48. The summed E-state index contributed by atoms with van der Waals surface area (Å²) in [6.07, 6.45) is 23.2. The third-order valence-electron chi connectivity index (χ3n) is 9.48. The van der Waals surface area contributed by atoms with Crippen LogP contribution in [0.5, 0.6) is 0 Å². The molecule has 0 saturated carbocycles. The normalized spacial score (nSPS) is 11.4. The number of fused-ring (bicyclic) bond motifs is 6. The van der Waals surface area contributed by atoms with E-state index in [9.17, 15) is 10.5 Å². The van der Waals surface area contributed by atoms with Crippen molar-refractivity contribution in [3.05, 3.63) is 57.9 Å². The van der Waals surface area contributed by atoms with Crippen LogP contribution in [0.4, 0.5) is 0 Å². The molecule has 0 N–H and O–H groups in total. The minimum Gasteiger partial charge on any atom is -0.232 e. The van der Waals surface area contributed by atoms with E-state index in [0.29, 0.717) is 0 Å². The molecule has 0 spiro atoms. The van der Waals surface area contributed by atoms with Crippen LogP contribution in [-0.2, 0) is 12.8 Å². The van der Waals surface area contributed by atoms with E-state index in [1.54, 1.807) is 0 Å². The van der Waals surface area contributed by atoms with Crippen LogP contribution in [0, 0.1) is 36.5 Å². The molecule has 1 heterocycles. The van der Waals surface area contributed by atoms with Crippen molar-refractivity contribution in [1.29, 1.82) is 10.5 Å². The topological polar surface area (TPSA) is 73.4 Å². The Hall–Kier alpha value is -3.50. The number of nitrogens with zero attached hydrogens (tertiary/aromatic N) is 4. The van der Waals surface area contributed by atoms with E-state index in [0.717, 1.165) is 40.0 Å². The van der Waals surface area contributed by atoms with E-state index >= 15 is 0 Å². The molecule has 4 rings (SSSR count). The SMILES string of the molecule is CCCCCCCCCCc1cc2c3cc(C)c(C)cc3c3nc(C#N)c(C#N)nc3c2cc1CCCCCCCCCC. The maximum atomic E-state index is 9.81. The molecule has 3 aromatic carbocycles. The fourth-order valence-corrected chi connectivity index (χ4v) is 6.67. The summed E-state index contributed by atoms with van der Waals surface area (Å²) in [6, 6.07) is 13.5. The third kappa shape index (κ3) is 8.35. The number of rotatable bonds is 18. The van der Waals surface area contributed by atoms with Gasteiger partial charge in [-0.1, -0.05) is 116 Å². The van der Waals surface area contributed by atoms with Gasteiger partial charge >= 0.3 is 0 Å². The summed E-state index contributed by atoms with van der Waals surface area (Å²) in [4.78, 5) is 9.52. The molecule has 0 bridgehead atoms. The highest BCUT2D eigenvalue weighted by Gasteiger charge is 2.18. The highest BCUT2D eigenvalue weighted by molar-refractivity contribution is 6.23. The fraction of sp³-hybridized carbons (Fsp3) is 0.550. The number of aromatic nitrogens is 2. The lowest BCUT2D eigenvalue weighted by atomic mass is 9.89. The number of hydrogen-bond donors (Lipinski definition) is 0. The summed E-state index contributed by atoms with van der Waals surface area (Å²) in [5, 5.41) is 24.0. The molecule has 0 unspecified atom stereocenters. The summed E-state index contributed by atoms with van der Waals surface area (Å²) in [7, 11) is 0. The number of benzene rings is 3. The molecule has 232 valence electrons. The zero-order valence-electron chi connectivity index (χ0n) is 27.8. The molecule has 44 heavy (non-hydrogen) atoms. The van der Waals surface area contributed by atoms with Gasteiger partial charge in [-0.15, -0.1) is 0 Å². The molecule has 0 saturated heterocycles. The molecular formula is C40H52N4. The summed E-state index contributed by atoms with van der Waals surface area (Å²) in [6.45, 7) is 8.83. The molecular weight excluding hydrogens is 536 g/mol. The van der Waals surface area contributed by atoms with E-state index in [1.807, 2.05) is 0 Å². The van der Waals surface area contributed by atoms with E-state index in [2.05, 4.69) is 64.1 Å². The molecule has 0 aliphatic heterocycles. The van der Waals surface area contributed by atoms with Gasteiger partial charge in [0.1, 0.15) is 12.1 Å². The van der Waals surface area contributed by atoms with Gasteiger partial charge in [-0.05, 0) is 84.7 Å². The summed E-state index contributed by atoms with van der Waals surface area (Å²) >= 11 is 0. The van der Waals surface area contributed by atoms with Crippen LogP contribution >= 0.6 is 0 Å². The van der Waals surface area contributed by atoms with Gasteiger partial charge in [0.05, 0.1) is 11.0 Å². The quantitative estimate of drug-likeness (QED) is 0.0856. The molecule has 4 aromatic rings. The second kappa shape index (κ2) is 17.1. The lowest BCUT2D eigenvalue weighted by molar-refractivity contribution is 0.571. The largest absolute Gasteiger partial charge is 0.232 e. The Bertz CT molecular complexity index is 1640. The van der Waals surface area contributed by atoms with Crippen molar-refractivity contribution in [2.45, 2.75) is 143 Å². The number of unbranched alkanes of at least 4 members (excludes halogenated alkanes) is 14. The first-order valence-electron chi connectivity index (χ1n) is 17.5. The molecule has 0 aliphatic carbocycles. The van der Waals surface area contributed by atoms with Gasteiger partial charge in [0, 0.05) is 10.8 Å². The van der Waals surface area contributed by atoms with Crippen molar-refractivity contribution < 1.29 is 0 Å². The zero-order chi connectivity index (χ0) is 31.3. The van der Waals surface area contributed by atoms with Crippen molar-refractivity contribution in [3.63, 3.8) is 0 Å². The van der Waals surface area contributed by atoms with Crippen LogP contribution in [0.3, 0.4) is 0 Å². The van der Waals surface area contributed by atoms with Crippen molar-refractivity contribution in [1.82, 2.24) is 9.97 Å². The van der Waals surface area contributed by atoms with Crippen molar-refractivity contribution in [2.75, 3.05) is 0 Å². The maximum Gasteiger partial charge on any atom is 0.177 e. The van der Waals surface area contributed by atoms with Gasteiger partial charge in [0.2, 0.25) is 0 Å². The second-order valence-electron chi connectivity index (χ2n) is 12.9. The molecule has 0 fully saturated rings. The Morgan fingerprint density at radius 2 is 0.818 bits per heavy atom. The van der Waals surface area contributed by atoms with Crippen LogP contribution in [0.25, 0.3) is 32.6 Å². The minimum atomic E-state index is 0.101. The average molecular weight is 589 g/mol. The monoisotopic (exact) mass is 588 g/mol. The molecule has 0 aliphatic rings.